The number of hydrogen-bond acceptors (Lipinski definition) is 4. The summed E-state index contributed by atoms with van der Waals surface area (Å²) in [6, 6.07) is 3.51. The Kier molecular flexibility index (Phi) is 2.29. The zero-order chi connectivity index (χ0) is 12.9. The van der Waals surface area contributed by atoms with Gasteiger partial charge in [-0.2, -0.15) is 0 Å². The molecule has 7 heteroatoms. The highest BCUT2D eigenvalue weighted by molar-refractivity contribution is 6.31. The Labute approximate surface area is 107 Å². The van der Waals surface area contributed by atoms with Gasteiger partial charge in [-0.25, -0.2) is 0 Å². The molecule has 0 saturated carbocycles. The monoisotopic (exact) mass is 264 g/mol. The Morgan fingerprint density at radius 3 is 2.83 bits per heavy atom. The second-order valence-electron chi connectivity index (χ2n) is 3.97. The summed E-state index contributed by atoms with van der Waals surface area (Å²) in [6.45, 7) is 0. The molecule has 2 heterocycles. The summed E-state index contributed by atoms with van der Waals surface area (Å²) in [6.07, 6.45) is 1.51. The Morgan fingerprint density at radius 1 is 1.28 bits per heavy atom. The highest BCUT2D eigenvalue weighted by Gasteiger charge is 2.36. The third kappa shape index (κ3) is 1.47. The van der Waals surface area contributed by atoms with E-state index in [0.717, 1.165) is 0 Å². The van der Waals surface area contributed by atoms with Crippen molar-refractivity contribution in [1.29, 1.82) is 0 Å². The van der Waals surface area contributed by atoms with Crippen molar-refractivity contribution in [3.63, 3.8) is 0 Å². The predicted octanol–water partition coefficient (Wildman–Crippen LogP) is 0.571. The van der Waals surface area contributed by atoms with Crippen LogP contribution in [0.2, 0.25) is 5.02 Å². The molecule has 1 unspecified atom stereocenters. The number of hydrogen-bond donors (Lipinski definition) is 2. The lowest BCUT2D eigenvalue weighted by Gasteiger charge is -2.44. The first-order chi connectivity index (χ1) is 8.58. The fraction of sp³-hybridized carbons (Fsp3) is 0.0909. The number of nitrogens with zero attached hydrogens (tertiary/aromatic N) is 1. The van der Waals surface area contributed by atoms with Gasteiger partial charge in [-0.05, 0) is 29.8 Å². The molecule has 6 nitrogen and oxygen atoms in total. The zero-order valence-electron chi connectivity index (χ0n) is 8.94. The van der Waals surface area contributed by atoms with Gasteiger partial charge in [-0.1, -0.05) is 11.6 Å². The molecule has 0 bridgehead atoms. The molecule has 1 aromatic rings. The van der Waals surface area contributed by atoms with E-state index in [1.54, 1.807) is 12.1 Å². The number of rotatable bonds is 0. The van der Waals surface area contributed by atoms with Crippen molar-refractivity contribution < 1.29 is 9.59 Å². The molecule has 1 fully saturated rings. The maximum Gasteiger partial charge on any atom is 0.268 e. The van der Waals surface area contributed by atoms with Crippen LogP contribution in [0.25, 0.3) is 6.08 Å². The van der Waals surface area contributed by atoms with Gasteiger partial charge in [-0.3, -0.25) is 20.4 Å². The molecule has 3 rings (SSSR count). The van der Waals surface area contributed by atoms with Crippen molar-refractivity contribution in [2.75, 3.05) is 5.06 Å². The van der Waals surface area contributed by atoms with Gasteiger partial charge in [0.2, 0.25) is 0 Å². The third-order valence-corrected chi connectivity index (χ3v) is 3.11. The molecular weight excluding hydrogens is 258 g/mol. The molecule has 0 spiro atoms. The molecule has 1 aromatic carbocycles. The van der Waals surface area contributed by atoms with Crippen molar-refractivity contribution in [2.45, 2.75) is 6.04 Å². The number of carbonyl (C=O) groups excluding carboxylic acids is 2. The normalized spacial score (nSPS) is 21.6. The van der Waals surface area contributed by atoms with Crippen LogP contribution in [0.1, 0.15) is 5.56 Å². The smallest absolute Gasteiger partial charge is 0.268 e. The SMILES string of the molecule is O=C1NNC(=O)C2C1=Cc1cc(Cl)ccc1N2[O-]. The topological polar surface area (TPSA) is 84.5 Å². The molecule has 1 atom stereocenters. The Balaban J connectivity index is 2.19. The number of fused-ring (bicyclic) bond motifs is 2. The van der Waals surface area contributed by atoms with Gasteiger partial charge in [0, 0.05) is 10.7 Å². The number of benzene rings is 1. The van der Waals surface area contributed by atoms with E-state index in [4.69, 9.17) is 11.6 Å². The summed E-state index contributed by atoms with van der Waals surface area (Å²) in [5, 5.41) is 13.1. The lowest BCUT2D eigenvalue weighted by Crippen LogP contribution is -2.60. The molecule has 2 aliphatic heterocycles. The van der Waals surface area contributed by atoms with E-state index in [-0.39, 0.29) is 5.57 Å². The second kappa shape index (κ2) is 3.72. The van der Waals surface area contributed by atoms with Crippen LogP contribution in [0, 0.1) is 5.21 Å². The number of hydroxylamine groups is 1. The molecule has 0 radical (unpaired) electrons. The molecule has 92 valence electrons. The quantitative estimate of drug-likeness (QED) is 0.717. The fourth-order valence-corrected chi connectivity index (χ4v) is 2.23. The molecular formula is C11H7ClN3O3-. The third-order valence-electron chi connectivity index (χ3n) is 2.88. The van der Waals surface area contributed by atoms with Crippen LogP contribution in [0.3, 0.4) is 0 Å². The van der Waals surface area contributed by atoms with E-state index in [1.807, 2.05) is 0 Å². The van der Waals surface area contributed by atoms with Gasteiger partial charge in [0.05, 0.1) is 5.57 Å². The summed E-state index contributed by atoms with van der Waals surface area (Å²) < 4.78 is 0. The minimum Gasteiger partial charge on any atom is -0.757 e. The number of amides is 2. The second-order valence-corrected chi connectivity index (χ2v) is 4.41. The maximum atomic E-state index is 12.1. The molecule has 2 amide bonds. The molecule has 2 aliphatic rings. The van der Waals surface area contributed by atoms with E-state index < -0.39 is 17.9 Å². The Morgan fingerprint density at radius 2 is 2.06 bits per heavy atom. The summed E-state index contributed by atoms with van der Waals surface area (Å²) in [7, 11) is 0. The van der Waals surface area contributed by atoms with E-state index in [1.165, 1.54) is 12.1 Å². The lowest BCUT2D eigenvalue weighted by atomic mass is 9.95. The minimum absolute atomic E-state index is 0.114. The summed E-state index contributed by atoms with van der Waals surface area (Å²) >= 11 is 5.83. The van der Waals surface area contributed by atoms with Crippen molar-refractivity contribution in [3.8, 4) is 0 Å². The zero-order valence-corrected chi connectivity index (χ0v) is 9.69. The molecule has 0 aliphatic carbocycles. The van der Waals surface area contributed by atoms with Crippen LogP contribution in [0.5, 0.6) is 0 Å². The van der Waals surface area contributed by atoms with Gasteiger partial charge in [0.25, 0.3) is 11.8 Å². The fourth-order valence-electron chi connectivity index (χ4n) is 2.05. The van der Waals surface area contributed by atoms with Crippen LogP contribution in [0.4, 0.5) is 5.69 Å². The van der Waals surface area contributed by atoms with E-state index in [0.29, 0.717) is 21.3 Å². The number of anilines is 1. The van der Waals surface area contributed by atoms with Crippen molar-refractivity contribution in [3.05, 3.63) is 39.6 Å². The first-order valence-electron chi connectivity index (χ1n) is 5.15. The van der Waals surface area contributed by atoms with Crippen molar-refractivity contribution in [1.82, 2.24) is 10.9 Å². The number of hydrazine groups is 1. The molecule has 18 heavy (non-hydrogen) atoms. The van der Waals surface area contributed by atoms with Gasteiger partial charge in [-0.15, -0.1) is 0 Å². The maximum absolute atomic E-state index is 12.1. The highest BCUT2D eigenvalue weighted by atomic mass is 35.5. The van der Waals surface area contributed by atoms with Crippen LogP contribution in [0.15, 0.2) is 23.8 Å². The van der Waals surface area contributed by atoms with Crippen LogP contribution >= 0.6 is 11.6 Å². The van der Waals surface area contributed by atoms with Gasteiger partial charge in [0.1, 0.15) is 6.04 Å². The minimum atomic E-state index is -1.15. The van der Waals surface area contributed by atoms with Gasteiger partial charge < -0.3 is 10.3 Å². The van der Waals surface area contributed by atoms with Crippen LogP contribution in [-0.4, -0.2) is 17.9 Å². The van der Waals surface area contributed by atoms with Crippen molar-refractivity contribution in [2.24, 2.45) is 0 Å². The largest absolute Gasteiger partial charge is 0.757 e. The van der Waals surface area contributed by atoms with Gasteiger partial charge >= 0.3 is 0 Å². The summed E-state index contributed by atoms with van der Waals surface area (Å²) in [4.78, 5) is 23.2. The number of halogens is 1. The van der Waals surface area contributed by atoms with Crippen molar-refractivity contribution >= 4 is 35.2 Å². The van der Waals surface area contributed by atoms with Gasteiger partial charge in [0.15, 0.2) is 0 Å². The standard InChI is InChI=1S/C11H7ClN3O3/c12-6-1-2-8-5(3-6)4-7-9(15(8)18)11(17)14-13-10(7)16/h1-4,9H,(H,13,16)(H,14,17)/q-1. The lowest BCUT2D eigenvalue weighted by molar-refractivity contribution is -0.131. The van der Waals surface area contributed by atoms with Crippen LogP contribution in [-0.2, 0) is 9.59 Å². The Bertz CT molecular complexity index is 599. The molecule has 0 aromatic heterocycles. The van der Waals surface area contributed by atoms with E-state index in [2.05, 4.69) is 10.9 Å². The average Bonchev–Trinajstić information content (AvgIpc) is 2.33. The number of carbonyl (C=O) groups is 2. The summed E-state index contributed by atoms with van der Waals surface area (Å²) in [5.74, 6) is -1.05. The summed E-state index contributed by atoms with van der Waals surface area (Å²) in [5.41, 5.74) is 5.30. The predicted molar refractivity (Wildman–Crippen MR) is 65.3 cm³/mol. The van der Waals surface area contributed by atoms with E-state index >= 15 is 0 Å². The van der Waals surface area contributed by atoms with Crippen LogP contribution < -0.4 is 15.9 Å². The molecule has 1 saturated heterocycles. The molecule has 2 N–H and O–H groups in total. The first-order valence-corrected chi connectivity index (χ1v) is 5.53. The first kappa shape index (κ1) is 11.1. The Hall–Kier alpha value is -2.05. The number of nitrogens with one attached hydrogen (secondary N) is 2. The average molecular weight is 265 g/mol. The van der Waals surface area contributed by atoms with E-state index in [9.17, 15) is 14.8 Å². The highest BCUT2D eigenvalue weighted by Crippen LogP contribution is 2.34.